The molecule has 0 aliphatic carbocycles. The molecule has 7 heteroatoms. The molecule has 0 aliphatic rings. The Hall–Kier alpha value is -3.53. The molecule has 0 fully saturated rings. The van der Waals surface area contributed by atoms with Crippen LogP contribution in [0.3, 0.4) is 0 Å². The van der Waals surface area contributed by atoms with E-state index in [9.17, 15) is 9.18 Å². The molecule has 112 valence electrons. The maximum Gasteiger partial charge on any atom is 0.322 e. The molecule has 23 heavy (non-hydrogen) atoms. The van der Waals surface area contributed by atoms with E-state index in [0.717, 1.165) is 0 Å². The van der Waals surface area contributed by atoms with E-state index in [1.807, 2.05) is 6.07 Å². The third-order valence-corrected chi connectivity index (χ3v) is 3.01. The van der Waals surface area contributed by atoms with Gasteiger partial charge in [0, 0.05) is 11.1 Å². The molecule has 2 aromatic carbocycles. The first-order chi connectivity index (χ1) is 11.2. The Kier molecular flexibility index (Phi) is 3.80. The number of aromatic nitrogens is 2. The van der Waals surface area contributed by atoms with E-state index in [2.05, 4.69) is 15.5 Å². The molecule has 0 bridgehead atoms. The Bertz CT molecular complexity index is 880. The molecule has 0 radical (unpaired) electrons. The van der Waals surface area contributed by atoms with Crippen LogP contribution in [0.25, 0.3) is 11.5 Å². The van der Waals surface area contributed by atoms with Gasteiger partial charge in [-0.3, -0.25) is 10.1 Å². The number of nitriles is 1. The first-order valence-corrected chi connectivity index (χ1v) is 6.56. The standard InChI is InChI=1S/C16H9FN4O2/c17-13-7-5-12(6-8-13)15-20-21-16(23-15)19-14(22)11-3-1-10(9-18)2-4-11/h1-8H,(H,19,21,22). The average Bonchev–Trinajstić information content (AvgIpc) is 3.04. The van der Waals surface area contributed by atoms with Gasteiger partial charge in [0.1, 0.15) is 5.82 Å². The number of nitrogens with zero attached hydrogens (tertiary/aromatic N) is 3. The maximum absolute atomic E-state index is 12.9. The molecule has 0 aliphatic heterocycles. The Morgan fingerprint density at radius 1 is 1.09 bits per heavy atom. The van der Waals surface area contributed by atoms with Gasteiger partial charge in [0.15, 0.2) is 0 Å². The summed E-state index contributed by atoms with van der Waals surface area (Å²) in [5.41, 5.74) is 1.35. The first-order valence-electron chi connectivity index (χ1n) is 6.56. The quantitative estimate of drug-likeness (QED) is 0.803. The zero-order chi connectivity index (χ0) is 16.2. The van der Waals surface area contributed by atoms with Gasteiger partial charge in [-0.2, -0.15) is 5.26 Å². The van der Waals surface area contributed by atoms with E-state index in [-0.39, 0.29) is 17.7 Å². The molecule has 3 aromatic rings. The summed E-state index contributed by atoms with van der Waals surface area (Å²) in [6, 6.07) is 13.5. The number of hydrogen-bond acceptors (Lipinski definition) is 5. The highest BCUT2D eigenvalue weighted by molar-refractivity contribution is 6.03. The molecule has 0 atom stereocenters. The summed E-state index contributed by atoms with van der Waals surface area (Å²) >= 11 is 0. The van der Waals surface area contributed by atoms with Crippen molar-refractivity contribution < 1.29 is 13.6 Å². The second-order valence-corrected chi connectivity index (χ2v) is 4.56. The van der Waals surface area contributed by atoms with E-state index < -0.39 is 5.91 Å². The lowest BCUT2D eigenvalue weighted by Gasteiger charge is -2.00. The molecule has 0 saturated carbocycles. The molecule has 1 amide bonds. The predicted molar refractivity (Wildman–Crippen MR) is 78.8 cm³/mol. The van der Waals surface area contributed by atoms with Crippen LogP contribution in [-0.4, -0.2) is 16.1 Å². The van der Waals surface area contributed by atoms with Crippen molar-refractivity contribution in [1.82, 2.24) is 10.2 Å². The molecule has 0 unspecified atom stereocenters. The number of anilines is 1. The zero-order valence-electron chi connectivity index (χ0n) is 11.7. The van der Waals surface area contributed by atoms with Gasteiger partial charge in [0.2, 0.25) is 5.89 Å². The minimum Gasteiger partial charge on any atom is -0.403 e. The molecular weight excluding hydrogens is 299 g/mol. The lowest BCUT2D eigenvalue weighted by atomic mass is 10.1. The molecule has 1 heterocycles. The number of amides is 1. The highest BCUT2D eigenvalue weighted by Crippen LogP contribution is 2.20. The summed E-state index contributed by atoms with van der Waals surface area (Å²) in [6.07, 6.45) is 0. The fourth-order valence-corrected chi connectivity index (χ4v) is 1.85. The van der Waals surface area contributed by atoms with Crippen LogP contribution >= 0.6 is 0 Å². The van der Waals surface area contributed by atoms with E-state index in [1.54, 1.807) is 0 Å². The number of carbonyl (C=O) groups excluding carboxylic acids is 1. The molecule has 3 rings (SSSR count). The Balaban J connectivity index is 1.74. The summed E-state index contributed by atoms with van der Waals surface area (Å²) in [5.74, 6) is -0.647. The SMILES string of the molecule is N#Cc1ccc(C(=O)Nc2nnc(-c3ccc(F)cc3)o2)cc1. The normalized spacial score (nSPS) is 10.1. The fraction of sp³-hybridized carbons (Fsp3) is 0. The summed E-state index contributed by atoms with van der Waals surface area (Å²) in [4.78, 5) is 12.0. The van der Waals surface area contributed by atoms with Crippen LogP contribution in [-0.2, 0) is 0 Å². The van der Waals surface area contributed by atoms with Crippen LogP contribution in [0.2, 0.25) is 0 Å². The molecule has 1 aromatic heterocycles. The Morgan fingerprint density at radius 3 is 2.43 bits per heavy atom. The number of carbonyl (C=O) groups is 1. The number of benzene rings is 2. The van der Waals surface area contributed by atoms with Gasteiger partial charge < -0.3 is 4.42 Å². The van der Waals surface area contributed by atoms with Crippen LogP contribution in [0.1, 0.15) is 15.9 Å². The van der Waals surface area contributed by atoms with Crippen LogP contribution in [0.15, 0.2) is 52.9 Å². The van der Waals surface area contributed by atoms with Crippen molar-refractivity contribution in [3.63, 3.8) is 0 Å². The van der Waals surface area contributed by atoms with Crippen molar-refractivity contribution in [3.8, 4) is 17.5 Å². The van der Waals surface area contributed by atoms with Crippen LogP contribution in [0.5, 0.6) is 0 Å². The van der Waals surface area contributed by atoms with E-state index >= 15 is 0 Å². The van der Waals surface area contributed by atoms with Crippen molar-refractivity contribution in [2.24, 2.45) is 0 Å². The number of rotatable bonds is 3. The lowest BCUT2D eigenvalue weighted by Crippen LogP contribution is -2.11. The van der Waals surface area contributed by atoms with Crippen LogP contribution < -0.4 is 5.32 Å². The van der Waals surface area contributed by atoms with Gasteiger partial charge in [-0.05, 0) is 48.5 Å². The molecular formula is C16H9FN4O2. The monoisotopic (exact) mass is 308 g/mol. The van der Waals surface area contributed by atoms with Gasteiger partial charge in [0.25, 0.3) is 5.91 Å². The van der Waals surface area contributed by atoms with Crippen LogP contribution in [0, 0.1) is 17.1 Å². The smallest absolute Gasteiger partial charge is 0.322 e. The van der Waals surface area contributed by atoms with Crippen molar-refractivity contribution in [2.45, 2.75) is 0 Å². The topological polar surface area (TPSA) is 91.8 Å². The Labute approximate surface area is 130 Å². The van der Waals surface area contributed by atoms with Crippen molar-refractivity contribution in [1.29, 1.82) is 5.26 Å². The lowest BCUT2D eigenvalue weighted by molar-refractivity contribution is 0.102. The first kappa shape index (κ1) is 14.4. The molecule has 0 saturated heterocycles. The van der Waals surface area contributed by atoms with Crippen LogP contribution in [0.4, 0.5) is 10.4 Å². The number of hydrogen-bond donors (Lipinski definition) is 1. The van der Waals surface area contributed by atoms with Gasteiger partial charge in [-0.25, -0.2) is 4.39 Å². The predicted octanol–water partition coefficient (Wildman–Crippen LogP) is 3.00. The maximum atomic E-state index is 12.9. The zero-order valence-corrected chi connectivity index (χ0v) is 11.7. The minimum absolute atomic E-state index is 0.0707. The average molecular weight is 308 g/mol. The molecule has 1 N–H and O–H groups in total. The van der Waals surface area contributed by atoms with Gasteiger partial charge in [-0.15, -0.1) is 5.10 Å². The van der Waals surface area contributed by atoms with Crippen molar-refractivity contribution in [3.05, 3.63) is 65.5 Å². The van der Waals surface area contributed by atoms with Crippen molar-refractivity contribution >= 4 is 11.9 Å². The van der Waals surface area contributed by atoms with E-state index in [0.29, 0.717) is 16.7 Å². The fourth-order valence-electron chi connectivity index (χ4n) is 1.85. The van der Waals surface area contributed by atoms with Crippen molar-refractivity contribution in [2.75, 3.05) is 5.32 Å². The number of nitrogens with one attached hydrogen (secondary N) is 1. The molecule has 6 nitrogen and oxygen atoms in total. The third kappa shape index (κ3) is 3.22. The van der Waals surface area contributed by atoms with Gasteiger partial charge in [0.05, 0.1) is 11.6 Å². The summed E-state index contributed by atoms with van der Waals surface area (Å²) in [6.45, 7) is 0. The summed E-state index contributed by atoms with van der Waals surface area (Å²) in [7, 11) is 0. The highest BCUT2D eigenvalue weighted by atomic mass is 19.1. The molecule has 0 spiro atoms. The summed E-state index contributed by atoms with van der Waals surface area (Å²) in [5, 5.41) is 18.7. The van der Waals surface area contributed by atoms with Gasteiger partial charge >= 0.3 is 6.01 Å². The minimum atomic E-state index is -0.441. The Morgan fingerprint density at radius 2 is 1.78 bits per heavy atom. The van der Waals surface area contributed by atoms with E-state index in [4.69, 9.17) is 9.68 Å². The second-order valence-electron chi connectivity index (χ2n) is 4.56. The third-order valence-electron chi connectivity index (χ3n) is 3.01. The largest absolute Gasteiger partial charge is 0.403 e. The highest BCUT2D eigenvalue weighted by Gasteiger charge is 2.12. The summed E-state index contributed by atoms with van der Waals surface area (Å²) < 4.78 is 18.2. The van der Waals surface area contributed by atoms with E-state index in [1.165, 1.54) is 48.5 Å². The second kappa shape index (κ2) is 6.07. The van der Waals surface area contributed by atoms with Gasteiger partial charge in [-0.1, -0.05) is 5.10 Å². The number of halogens is 1.